The van der Waals surface area contributed by atoms with Gasteiger partial charge in [-0.25, -0.2) is 4.98 Å². The van der Waals surface area contributed by atoms with Crippen LogP contribution in [0, 0.1) is 6.92 Å². The van der Waals surface area contributed by atoms with Crippen molar-refractivity contribution < 1.29 is 19.1 Å². The molecule has 1 aromatic heterocycles. The molecule has 4 rings (SSSR count). The van der Waals surface area contributed by atoms with E-state index in [1.54, 1.807) is 14.2 Å². The van der Waals surface area contributed by atoms with Crippen LogP contribution in [0.25, 0.3) is 10.6 Å². The van der Waals surface area contributed by atoms with Crippen molar-refractivity contribution in [1.82, 2.24) is 19.7 Å². The highest BCUT2D eigenvalue weighted by molar-refractivity contribution is 7.17. The first-order valence-electron chi connectivity index (χ1n) is 11.5. The summed E-state index contributed by atoms with van der Waals surface area (Å²) in [4.78, 5) is 37.1. The van der Waals surface area contributed by atoms with E-state index >= 15 is 0 Å². The molecule has 2 aromatic rings. The van der Waals surface area contributed by atoms with Crippen molar-refractivity contribution in [3.05, 3.63) is 28.8 Å². The van der Waals surface area contributed by atoms with Crippen molar-refractivity contribution >= 4 is 23.2 Å². The number of ether oxygens (including phenoxy) is 2. The lowest BCUT2D eigenvalue weighted by Crippen LogP contribution is -2.52. The predicted octanol–water partition coefficient (Wildman–Crippen LogP) is 2.91. The van der Waals surface area contributed by atoms with Gasteiger partial charge >= 0.3 is 0 Å². The highest BCUT2D eigenvalue weighted by Gasteiger charge is 2.27. The number of hydrogen-bond acceptors (Lipinski definition) is 7. The largest absolute Gasteiger partial charge is 0.493 e. The number of piperazine rings is 1. The van der Waals surface area contributed by atoms with Gasteiger partial charge in [0.15, 0.2) is 11.5 Å². The molecule has 3 heterocycles. The van der Waals surface area contributed by atoms with Gasteiger partial charge in [-0.05, 0) is 44.4 Å². The van der Waals surface area contributed by atoms with Gasteiger partial charge in [-0.1, -0.05) is 0 Å². The van der Waals surface area contributed by atoms with Crippen LogP contribution < -0.4 is 9.47 Å². The number of aryl methyl sites for hydroxylation is 1. The van der Waals surface area contributed by atoms with E-state index in [1.807, 2.05) is 34.9 Å². The number of carbonyl (C=O) groups is 2. The van der Waals surface area contributed by atoms with Crippen molar-refractivity contribution in [2.24, 2.45) is 0 Å². The van der Waals surface area contributed by atoms with Gasteiger partial charge in [-0.2, -0.15) is 0 Å². The second kappa shape index (κ2) is 10.5. The molecule has 2 fully saturated rings. The number of amides is 2. The number of carbonyl (C=O) groups excluding carboxylic acids is 2. The number of benzene rings is 1. The van der Waals surface area contributed by atoms with Crippen LogP contribution in [0.2, 0.25) is 0 Å². The molecule has 0 bridgehead atoms. The van der Waals surface area contributed by atoms with Crippen molar-refractivity contribution in [1.29, 1.82) is 0 Å². The van der Waals surface area contributed by atoms with Crippen LogP contribution in [-0.2, 0) is 4.79 Å². The van der Waals surface area contributed by atoms with E-state index in [0.29, 0.717) is 49.1 Å². The van der Waals surface area contributed by atoms with Gasteiger partial charge in [0.05, 0.1) is 26.5 Å². The zero-order valence-electron chi connectivity index (χ0n) is 19.6. The van der Waals surface area contributed by atoms with E-state index in [2.05, 4.69) is 9.88 Å². The van der Waals surface area contributed by atoms with Crippen LogP contribution in [0.5, 0.6) is 11.5 Å². The van der Waals surface area contributed by atoms with E-state index in [-0.39, 0.29) is 11.8 Å². The number of hydrogen-bond donors (Lipinski definition) is 0. The van der Waals surface area contributed by atoms with E-state index in [1.165, 1.54) is 17.8 Å². The Labute approximate surface area is 199 Å². The topological polar surface area (TPSA) is 75.2 Å². The molecule has 8 nitrogen and oxygen atoms in total. The molecule has 0 radical (unpaired) electrons. The van der Waals surface area contributed by atoms with Gasteiger partial charge in [0, 0.05) is 44.8 Å². The molecular formula is C24H32N4O4S. The fourth-order valence-corrected chi connectivity index (χ4v) is 5.41. The summed E-state index contributed by atoms with van der Waals surface area (Å²) in [6, 6.07) is 5.65. The third-order valence-corrected chi connectivity index (χ3v) is 7.54. The first-order valence-corrected chi connectivity index (χ1v) is 12.3. The lowest BCUT2D eigenvalue weighted by atomic mass is 10.1. The van der Waals surface area contributed by atoms with Crippen molar-refractivity contribution in [2.75, 3.05) is 60.0 Å². The molecule has 0 atom stereocenters. The molecule has 1 aromatic carbocycles. The normalized spacial score (nSPS) is 17.2. The molecule has 2 amide bonds. The molecule has 2 saturated heterocycles. The van der Waals surface area contributed by atoms with Gasteiger partial charge in [-0.3, -0.25) is 14.5 Å². The number of likely N-dealkylation sites (tertiary alicyclic amines) is 1. The third kappa shape index (κ3) is 5.30. The first-order chi connectivity index (χ1) is 16.0. The van der Waals surface area contributed by atoms with E-state index in [0.717, 1.165) is 42.2 Å². The molecule has 0 saturated carbocycles. The van der Waals surface area contributed by atoms with E-state index in [9.17, 15) is 9.59 Å². The zero-order valence-corrected chi connectivity index (χ0v) is 20.4. The van der Waals surface area contributed by atoms with E-state index in [4.69, 9.17) is 9.47 Å². The summed E-state index contributed by atoms with van der Waals surface area (Å²) in [5.41, 5.74) is 1.62. The van der Waals surface area contributed by atoms with Gasteiger partial charge in [0.2, 0.25) is 5.91 Å². The summed E-state index contributed by atoms with van der Waals surface area (Å²) >= 11 is 1.40. The number of piperidine rings is 1. The lowest BCUT2D eigenvalue weighted by molar-refractivity contribution is -0.133. The third-order valence-electron chi connectivity index (χ3n) is 6.35. The molecule has 33 heavy (non-hydrogen) atoms. The Bertz CT molecular complexity index is 994. The summed E-state index contributed by atoms with van der Waals surface area (Å²) in [6.07, 6.45) is 3.43. The summed E-state index contributed by atoms with van der Waals surface area (Å²) in [7, 11) is 3.20. The second-order valence-electron chi connectivity index (χ2n) is 8.51. The summed E-state index contributed by atoms with van der Waals surface area (Å²) in [5.74, 6) is 1.51. The molecule has 0 unspecified atom stereocenters. The molecule has 0 aliphatic carbocycles. The minimum Gasteiger partial charge on any atom is -0.493 e. The average Bonchev–Trinajstić information content (AvgIpc) is 3.25. The highest BCUT2D eigenvalue weighted by Crippen LogP contribution is 2.35. The Hall–Kier alpha value is -2.65. The van der Waals surface area contributed by atoms with Crippen LogP contribution >= 0.6 is 11.3 Å². The second-order valence-corrected chi connectivity index (χ2v) is 9.51. The fourth-order valence-electron chi connectivity index (χ4n) is 4.37. The van der Waals surface area contributed by atoms with Crippen LogP contribution in [0.4, 0.5) is 0 Å². The molecule has 9 heteroatoms. The van der Waals surface area contributed by atoms with Crippen molar-refractivity contribution in [2.45, 2.75) is 26.2 Å². The van der Waals surface area contributed by atoms with Crippen LogP contribution in [0.3, 0.4) is 0 Å². The Balaban J connectivity index is 1.37. The summed E-state index contributed by atoms with van der Waals surface area (Å²) < 4.78 is 10.7. The number of methoxy groups -OCH3 is 2. The number of rotatable bonds is 6. The van der Waals surface area contributed by atoms with Crippen LogP contribution in [0.1, 0.15) is 34.6 Å². The zero-order chi connectivity index (χ0) is 23.4. The van der Waals surface area contributed by atoms with Gasteiger partial charge in [-0.15, -0.1) is 11.3 Å². The van der Waals surface area contributed by atoms with Gasteiger partial charge in [0.25, 0.3) is 5.91 Å². The maximum atomic E-state index is 13.2. The lowest BCUT2D eigenvalue weighted by Gasteiger charge is -2.36. The molecule has 0 N–H and O–H groups in total. The molecule has 2 aliphatic heterocycles. The Morgan fingerprint density at radius 3 is 2.30 bits per heavy atom. The number of nitrogens with zero attached hydrogens (tertiary/aromatic N) is 4. The van der Waals surface area contributed by atoms with E-state index < -0.39 is 0 Å². The highest BCUT2D eigenvalue weighted by atomic mass is 32.1. The Morgan fingerprint density at radius 1 is 0.939 bits per heavy atom. The quantitative estimate of drug-likeness (QED) is 0.644. The number of aromatic nitrogens is 1. The summed E-state index contributed by atoms with van der Waals surface area (Å²) in [5, 5.41) is 0.780. The first kappa shape index (κ1) is 23.5. The maximum Gasteiger partial charge on any atom is 0.265 e. The SMILES string of the molecule is COc1ccc(-c2nc(C)c(C(=O)N3CCN(CC(=O)N4CCCCC4)CC3)s2)cc1OC. The van der Waals surface area contributed by atoms with Crippen molar-refractivity contribution in [3.8, 4) is 22.1 Å². The van der Waals surface area contributed by atoms with Crippen LogP contribution in [0.15, 0.2) is 18.2 Å². The number of thiazole rings is 1. The smallest absolute Gasteiger partial charge is 0.265 e. The van der Waals surface area contributed by atoms with Gasteiger partial charge in [0.1, 0.15) is 9.88 Å². The maximum absolute atomic E-state index is 13.2. The van der Waals surface area contributed by atoms with Crippen LogP contribution in [-0.4, -0.2) is 91.5 Å². The minimum absolute atomic E-state index is 0.0127. The molecule has 0 spiro atoms. The Morgan fingerprint density at radius 2 is 1.64 bits per heavy atom. The molecule has 2 aliphatic rings. The standard InChI is InChI=1S/C24H32N4O4S/c1-17-22(33-23(25-17)18-7-8-19(31-2)20(15-18)32-3)24(30)28-13-11-26(12-14-28)16-21(29)27-9-5-4-6-10-27/h7-8,15H,4-6,9-14,16H2,1-3H3. The van der Waals surface area contributed by atoms with Crippen molar-refractivity contribution in [3.63, 3.8) is 0 Å². The summed E-state index contributed by atoms with van der Waals surface area (Å²) in [6.45, 7) is 6.75. The monoisotopic (exact) mass is 472 g/mol. The Kier molecular flexibility index (Phi) is 7.49. The minimum atomic E-state index is 0.0127. The molecule has 178 valence electrons. The average molecular weight is 473 g/mol. The van der Waals surface area contributed by atoms with Gasteiger partial charge < -0.3 is 19.3 Å². The fraction of sp³-hybridized carbons (Fsp3) is 0.542. The predicted molar refractivity (Wildman–Crippen MR) is 128 cm³/mol. The molecular weight excluding hydrogens is 440 g/mol.